The molecule has 0 spiro atoms. The molecule has 0 aromatic heterocycles. The van der Waals surface area contributed by atoms with Crippen molar-refractivity contribution < 1.29 is 26.3 Å². The maximum Gasteiger partial charge on any atom is 0.419 e. The van der Waals surface area contributed by atoms with Gasteiger partial charge in [0.15, 0.2) is 6.17 Å². The van der Waals surface area contributed by atoms with Gasteiger partial charge in [-0.05, 0) is 6.42 Å². The van der Waals surface area contributed by atoms with E-state index in [2.05, 4.69) is 0 Å². The Labute approximate surface area is 59.2 Å². The van der Waals surface area contributed by atoms with Crippen LogP contribution in [0.2, 0.25) is 0 Å². The molecule has 0 rings (SSSR count). The van der Waals surface area contributed by atoms with Gasteiger partial charge in [-0.25, -0.2) is 13.2 Å². The number of rotatable bonds is 3. The zero-order valence-corrected chi connectivity index (χ0v) is 5.34. The van der Waals surface area contributed by atoms with Crippen LogP contribution in [0.5, 0.6) is 0 Å². The summed E-state index contributed by atoms with van der Waals surface area (Å²) in [5, 5.41) is 0. The van der Waals surface area contributed by atoms with Crippen molar-refractivity contribution in [2.45, 2.75) is 31.6 Å². The highest BCUT2D eigenvalue weighted by molar-refractivity contribution is 4.65. The zero-order chi connectivity index (χ0) is 9.07. The minimum atomic E-state index is -5.01. The Balaban J connectivity index is 3.61. The van der Waals surface area contributed by atoms with Gasteiger partial charge in [0.25, 0.3) is 0 Å². The van der Waals surface area contributed by atoms with Crippen LogP contribution < -0.4 is 0 Å². The van der Waals surface area contributed by atoms with Crippen molar-refractivity contribution in [2.24, 2.45) is 0 Å². The molecule has 0 aliphatic rings. The topological polar surface area (TPSA) is 0 Å². The lowest BCUT2D eigenvalue weighted by molar-refractivity contribution is -0.183. The minimum Gasteiger partial charge on any atom is -0.237 e. The van der Waals surface area contributed by atoms with Crippen molar-refractivity contribution in [3.8, 4) is 0 Å². The average molecular weight is 180 g/mol. The first-order chi connectivity index (χ1) is 4.84. The molecular weight excluding hydrogens is 174 g/mol. The van der Waals surface area contributed by atoms with Gasteiger partial charge in [0.2, 0.25) is 6.43 Å². The van der Waals surface area contributed by atoms with Crippen molar-refractivity contribution in [3.63, 3.8) is 0 Å². The monoisotopic (exact) mass is 180 g/mol. The first-order valence-electron chi connectivity index (χ1n) is 2.83. The molecular formula is C5H6F6. The van der Waals surface area contributed by atoms with Gasteiger partial charge in [0.05, 0.1) is 0 Å². The second-order valence-corrected chi connectivity index (χ2v) is 1.98. The molecule has 68 valence electrons. The number of hydrogen-bond acceptors (Lipinski definition) is 0. The van der Waals surface area contributed by atoms with E-state index >= 15 is 0 Å². The number of alkyl halides is 6. The van der Waals surface area contributed by atoms with Crippen LogP contribution in [0.4, 0.5) is 26.3 Å². The molecule has 1 unspecified atom stereocenters. The second-order valence-electron chi connectivity index (χ2n) is 1.98. The molecule has 0 bridgehead atoms. The summed E-state index contributed by atoms with van der Waals surface area (Å²) in [6.45, 7) is 0. The summed E-state index contributed by atoms with van der Waals surface area (Å²) < 4.78 is 68.1. The molecule has 0 aliphatic heterocycles. The van der Waals surface area contributed by atoms with E-state index in [-0.39, 0.29) is 0 Å². The van der Waals surface area contributed by atoms with Crippen LogP contribution >= 0.6 is 0 Å². The van der Waals surface area contributed by atoms with Gasteiger partial charge in [0.1, 0.15) is 0 Å². The minimum absolute atomic E-state index is 1.05. The third kappa shape index (κ3) is 4.92. The van der Waals surface area contributed by atoms with Crippen molar-refractivity contribution >= 4 is 0 Å². The van der Waals surface area contributed by atoms with Gasteiger partial charge < -0.3 is 0 Å². The van der Waals surface area contributed by atoms with E-state index in [9.17, 15) is 26.3 Å². The maximum atomic E-state index is 11.8. The van der Waals surface area contributed by atoms with Crippen molar-refractivity contribution in [1.82, 2.24) is 0 Å². The van der Waals surface area contributed by atoms with E-state index in [1.165, 1.54) is 0 Å². The predicted octanol–water partition coefficient (Wildman–Crippen LogP) is 2.93. The molecule has 1 atom stereocenters. The van der Waals surface area contributed by atoms with Gasteiger partial charge in [-0.3, -0.25) is 0 Å². The lowest BCUT2D eigenvalue weighted by Crippen LogP contribution is -2.24. The summed E-state index contributed by atoms with van der Waals surface area (Å²) in [7, 11) is 0. The average Bonchev–Trinajstić information content (AvgIpc) is 1.80. The molecule has 0 N–H and O–H groups in total. The van der Waals surface area contributed by atoms with E-state index in [1.54, 1.807) is 0 Å². The van der Waals surface area contributed by atoms with Gasteiger partial charge >= 0.3 is 6.18 Å². The molecule has 0 aromatic carbocycles. The summed E-state index contributed by atoms with van der Waals surface area (Å²) in [6.07, 6.45) is -13.2. The van der Waals surface area contributed by atoms with Gasteiger partial charge in [-0.1, -0.05) is 0 Å². The molecule has 0 saturated carbocycles. The van der Waals surface area contributed by atoms with Crippen LogP contribution in [0, 0.1) is 0 Å². The molecule has 0 heterocycles. The summed E-state index contributed by atoms with van der Waals surface area (Å²) in [6, 6.07) is 0. The molecule has 0 fully saturated rings. The Morgan fingerprint density at radius 2 is 1.36 bits per heavy atom. The van der Waals surface area contributed by atoms with Crippen LogP contribution in [-0.2, 0) is 0 Å². The van der Waals surface area contributed by atoms with Gasteiger partial charge in [-0.2, -0.15) is 13.2 Å². The van der Waals surface area contributed by atoms with Gasteiger partial charge in [-0.15, -0.1) is 0 Å². The number of hydrogen-bond donors (Lipinski definition) is 0. The Hall–Kier alpha value is -0.420. The normalized spacial score (nSPS) is 15.5. The van der Waals surface area contributed by atoms with E-state index in [4.69, 9.17) is 0 Å². The predicted molar refractivity (Wildman–Crippen MR) is 26.2 cm³/mol. The highest BCUT2D eigenvalue weighted by Gasteiger charge is 2.39. The van der Waals surface area contributed by atoms with Crippen molar-refractivity contribution in [2.75, 3.05) is 0 Å². The second kappa shape index (κ2) is 3.82. The van der Waals surface area contributed by atoms with Crippen LogP contribution in [0.25, 0.3) is 0 Å². The molecule has 0 aliphatic carbocycles. The molecule has 0 saturated heterocycles. The molecule has 0 aromatic rings. The first-order valence-corrected chi connectivity index (χ1v) is 2.83. The highest BCUT2D eigenvalue weighted by atomic mass is 19.4. The molecule has 11 heavy (non-hydrogen) atoms. The van der Waals surface area contributed by atoms with Crippen molar-refractivity contribution in [1.29, 1.82) is 0 Å². The van der Waals surface area contributed by atoms with Crippen molar-refractivity contribution in [3.05, 3.63) is 0 Å². The van der Waals surface area contributed by atoms with Crippen LogP contribution in [0.1, 0.15) is 12.8 Å². The fraction of sp³-hybridized carbons (Fsp3) is 1.00. The molecule has 0 radical (unpaired) electrons. The maximum absolute atomic E-state index is 11.8. The third-order valence-corrected chi connectivity index (χ3v) is 0.994. The highest BCUT2D eigenvalue weighted by Crippen LogP contribution is 2.26. The summed E-state index contributed by atoms with van der Waals surface area (Å²) in [5.74, 6) is 0. The zero-order valence-electron chi connectivity index (χ0n) is 5.34. The largest absolute Gasteiger partial charge is 0.419 e. The van der Waals surface area contributed by atoms with Gasteiger partial charge in [0, 0.05) is 6.42 Å². The summed E-state index contributed by atoms with van der Waals surface area (Å²) in [4.78, 5) is 0. The Kier molecular flexibility index (Phi) is 3.68. The van der Waals surface area contributed by atoms with Crippen LogP contribution in [-0.4, -0.2) is 18.8 Å². The Morgan fingerprint density at radius 1 is 0.909 bits per heavy atom. The Bertz CT molecular complexity index is 106. The smallest absolute Gasteiger partial charge is 0.237 e. The quantitative estimate of drug-likeness (QED) is 0.585. The lowest BCUT2D eigenvalue weighted by atomic mass is 10.2. The van der Waals surface area contributed by atoms with E-state index in [0.29, 0.717) is 0 Å². The standard InChI is InChI=1S/C5H6F6/c6-3(5(9,10)11)1-2-4(7)8/h3-4H,1-2H2. The fourth-order valence-electron chi connectivity index (χ4n) is 0.436. The van der Waals surface area contributed by atoms with Crippen LogP contribution in [0.15, 0.2) is 0 Å². The molecule has 6 heteroatoms. The Morgan fingerprint density at radius 3 is 1.64 bits per heavy atom. The van der Waals surface area contributed by atoms with E-state index in [0.717, 1.165) is 0 Å². The first kappa shape index (κ1) is 10.6. The third-order valence-electron chi connectivity index (χ3n) is 0.994. The summed E-state index contributed by atoms with van der Waals surface area (Å²) >= 11 is 0. The fourth-order valence-corrected chi connectivity index (χ4v) is 0.436. The van der Waals surface area contributed by atoms with E-state index in [1.807, 2.05) is 0 Å². The SMILES string of the molecule is FC(F)CCC(F)C(F)(F)F. The lowest BCUT2D eigenvalue weighted by Gasteiger charge is -2.10. The molecule has 0 amide bonds. The molecule has 0 nitrogen and oxygen atoms in total. The van der Waals surface area contributed by atoms with Crippen LogP contribution in [0.3, 0.4) is 0 Å². The summed E-state index contributed by atoms with van der Waals surface area (Å²) in [5.41, 5.74) is 0. The number of halogens is 6. The van der Waals surface area contributed by atoms with E-state index < -0.39 is 31.6 Å².